The van der Waals surface area contributed by atoms with Crippen LogP contribution >= 0.6 is 11.8 Å². The minimum absolute atomic E-state index is 0.0620. The quantitative estimate of drug-likeness (QED) is 0.617. The molecule has 8 heteroatoms. The highest BCUT2D eigenvalue weighted by Crippen LogP contribution is 2.44. The molecule has 186 valence electrons. The molecule has 2 aromatic rings. The molecule has 0 spiro atoms. The lowest BCUT2D eigenvalue weighted by molar-refractivity contribution is -0.155. The molecule has 2 aromatic carbocycles. The second-order valence-corrected chi connectivity index (χ2v) is 11.3. The second kappa shape index (κ2) is 9.57. The fraction of sp³-hybridized carbons (Fsp3) is 0.444. The molecule has 1 atom stereocenters. The number of carbonyl (C=O) groups is 3. The zero-order valence-corrected chi connectivity index (χ0v) is 21.4. The highest BCUT2D eigenvalue weighted by molar-refractivity contribution is 7.99. The fourth-order valence-electron chi connectivity index (χ4n) is 4.72. The van der Waals surface area contributed by atoms with Crippen LogP contribution in [0.4, 0.5) is 4.79 Å². The van der Waals surface area contributed by atoms with Crippen molar-refractivity contribution in [3.8, 4) is 11.1 Å². The zero-order valence-electron chi connectivity index (χ0n) is 20.5. The summed E-state index contributed by atoms with van der Waals surface area (Å²) >= 11 is 1.53. The van der Waals surface area contributed by atoms with Gasteiger partial charge in [-0.3, -0.25) is 4.79 Å². The van der Waals surface area contributed by atoms with Crippen LogP contribution in [0, 0.1) is 5.41 Å². The predicted molar refractivity (Wildman–Crippen MR) is 137 cm³/mol. The lowest BCUT2D eigenvalue weighted by Crippen LogP contribution is -2.63. The van der Waals surface area contributed by atoms with Gasteiger partial charge in [0.15, 0.2) is 0 Å². The Morgan fingerprint density at radius 1 is 1.03 bits per heavy atom. The van der Waals surface area contributed by atoms with Gasteiger partial charge in [-0.25, -0.2) is 9.59 Å². The molecule has 4 rings (SSSR count). The molecule has 35 heavy (non-hydrogen) atoms. The van der Waals surface area contributed by atoms with Crippen LogP contribution in [-0.4, -0.2) is 64.2 Å². The SMILES string of the molecule is CC(C)(NC(=O)OCC1c2ccccc2-c2ccccc21)C(C)(C)C(=O)N1CCSCC1C(=O)O. The molecular formula is C27H32N2O5S. The first-order valence-corrected chi connectivity index (χ1v) is 12.9. The fourth-order valence-corrected chi connectivity index (χ4v) is 5.76. The minimum atomic E-state index is -1.06. The molecule has 0 bridgehead atoms. The lowest BCUT2D eigenvalue weighted by Gasteiger charge is -2.45. The first-order chi connectivity index (χ1) is 16.5. The van der Waals surface area contributed by atoms with Crippen molar-refractivity contribution in [1.82, 2.24) is 10.2 Å². The highest BCUT2D eigenvalue weighted by Gasteiger charge is 2.49. The van der Waals surface area contributed by atoms with Crippen LogP contribution in [0.2, 0.25) is 0 Å². The Labute approximate surface area is 210 Å². The number of hydrogen-bond acceptors (Lipinski definition) is 5. The molecule has 0 radical (unpaired) electrons. The smallest absolute Gasteiger partial charge is 0.407 e. The molecule has 1 saturated heterocycles. The van der Waals surface area contributed by atoms with Gasteiger partial charge in [-0.15, -0.1) is 0 Å². The average Bonchev–Trinajstić information content (AvgIpc) is 3.15. The number of amides is 2. The van der Waals surface area contributed by atoms with E-state index in [1.54, 1.807) is 27.7 Å². The van der Waals surface area contributed by atoms with Gasteiger partial charge in [0, 0.05) is 24.0 Å². The summed E-state index contributed by atoms with van der Waals surface area (Å²) in [4.78, 5) is 39.5. The number of carbonyl (C=O) groups excluding carboxylic acids is 2. The van der Waals surface area contributed by atoms with E-state index in [-0.39, 0.29) is 18.4 Å². The van der Waals surface area contributed by atoms with Crippen molar-refractivity contribution in [2.75, 3.05) is 24.7 Å². The number of hydrogen-bond donors (Lipinski definition) is 2. The van der Waals surface area contributed by atoms with Crippen LogP contribution in [0.25, 0.3) is 11.1 Å². The van der Waals surface area contributed by atoms with Crippen molar-refractivity contribution in [3.05, 3.63) is 59.7 Å². The monoisotopic (exact) mass is 496 g/mol. The number of nitrogens with zero attached hydrogens (tertiary/aromatic N) is 1. The Bertz CT molecular complexity index is 1100. The van der Waals surface area contributed by atoms with Crippen molar-refractivity contribution in [2.45, 2.75) is 45.2 Å². The Morgan fingerprint density at radius 3 is 2.17 bits per heavy atom. The summed E-state index contributed by atoms with van der Waals surface area (Å²) in [6.07, 6.45) is -0.610. The van der Waals surface area contributed by atoms with Gasteiger partial charge in [0.25, 0.3) is 0 Å². The Kier molecular flexibility index (Phi) is 6.86. The Morgan fingerprint density at radius 2 is 1.60 bits per heavy atom. The van der Waals surface area contributed by atoms with Crippen molar-refractivity contribution in [2.24, 2.45) is 5.41 Å². The van der Waals surface area contributed by atoms with E-state index >= 15 is 0 Å². The number of alkyl carbamates (subject to hydrolysis) is 1. The Balaban J connectivity index is 1.45. The number of carboxylic acid groups (broad SMARTS) is 1. The van der Waals surface area contributed by atoms with Crippen LogP contribution < -0.4 is 5.32 Å². The normalized spacial score (nSPS) is 17.9. The van der Waals surface area contributed by atoms with Crippen LogP contribution in [0.1, 0.15) is 44.7 Å². The third-order valence-corrected chi connectivity index (χ3v) is 8.55. The van der Waals surface area contributed by atoms with E-state index in [9.17, 15) is 19.5 Å². The molecule has 1 aliphatic carbocycles. The lowest BCUT2D eigenvalue weighted by atomic mass is 9.73. The number of aliphatic carboxylic acids is 1. The van der Waals surface area contributed by atoms with Crippen molar-refractivity contribution >= 4 is 29.7 Å². The molecular weight excluding hydrogens is 464 g/mol. The summed E-state index contributed by atoms with van der Waals surface area (Å²) in [6, 6.07) is 15.4. The maximum absolute atomic E-state index is 13.5. The molecule has 2 aliphatic rings. The molecule has 2 N–H and O–H groups in total. The third kappa shape index (κ3) is 4.63. The highest BCUT2D eigenvalue weighted by atomic mass is 32.2. The van der Waals surface area contributed by atoms with Gasteiger partial charge in [-0.05, 0) is 49.9 Å². The van der Waals surface area contributed by atoms with Gasteiger partial charge in [-0.2, -0.15) is 11.8 Å². The standard InChI is InChI=1S/C27H32N2O5S/c1-26(2,24(32)29-13-14-35-16-22(29)23(30)31)27(3,4)28-25(33)34-15-21-19-11-7-5-9-17(19)18-10-6-8-12-20(18)21/h5-12,21-22H,13-16H2,1-4H3,(H,28,33)(H,30,31). The van der Waals surface area contributed by atoms with Gasteiger partial charge >= 0.3 is 12.1 Å². The van der Waals surface area contributed by atoms with Crippen LogP contribution in [0.3, 0.4) is 0 Å². The van der Waals surface area contributed by atoms with Gasteiger partial charge in [-0.1, -0.05) is 48.5 Å². The largest absolute Gasteiger partial charge is 0.480 e. The van der Waals surface area contributed by atoms with Crippen LogP contribution in [0.15, 0.2) is 48.5 Å². The summed E-state index contributed by atoms with van der Waals surface area (Å²) in [7, 11) is 0. The molecule has 1 unspecified atom stereocenters. The number of nitrogens with one attached hydrogen (secondary N) is 1. The molecule has 1 aliphatic heterocycles. The molecule has 2 amide bonds. The van der Waals surface area contributed by atoms with E-state index in [4.69, 9.17) is 4.74 Å². The summed E-state index contributed by atoms with van der Waals surface area (Å²) in [5, 5.41) is 12.5. The third-order valence-electron chi connectivity index (χ3n) is 7.53. The topological polar surface area (TPSA) is 95.9 Å². The van der Waals surface area contributed by atoms with Crippen molar-refractivity contribution in [3.63, 3.8) is 0 Å². The number of ether oxygens (including phenoxy) is 1. The second-order valence-electron chi connectivity index (χ2n) is 10.1. The van der Waals surface area contributed by atoms with Gasteiger partial charge in [0.05, 0.1) is 11.0 Å². The molecule has 1 heterocycles. The van der Waals surface area contributed by atoms with E-state index in [1.165, 1.54) is 16.7 Å². The molecule has 0 aromatic heterocycles. The minimum Gasteiger partial charge on any atom is -0.480 e. The maximum atomic E-state index is 13.5. The summed E-state index contributed by atoms with van der Waals surface area (Å²) in [6.45, 7) is 7.54. The average molecular weight is 497 g/mol. The van der Waals surface area contributed by atoms with Crippen LogP contribution in [-0.2, 0) is 14.3 Å². The van der Waals surface area contributed by atoms with E-state index in [1.807, 2.05) is 24.3 Å². The van der Waals surface area contributed by atoms with Gasteiger partial charge < -0.3 is 20.1 Å². The van der Waals surface area contributed by atoms with Gasteiger partial charge in [0.2, 0.25) is 5.91 Å². The summed E-state index contributed by atoms with van der Waals surface area (Å²) in [5.74, 6) is -0.325. The first-order valence-electron chi connectivity index (χ1n) is 11.8. The number of carboxylic acids is 1. The number of rotatable bonds is 6. The van der Waals surface area contributed by atoms with E-state index < -0.39 is 29.1 Å². The predicted octanol–water partition coefficient (Wildman–Crippen LogP) is 4.36. The first kappa shape index (κ1) is 25.1. The van der Waals surface area contributed by atoms with Gasteiger partial charge in [0.1, 0.15) is 12.6 Å². The van der Waals surface area contributed by atoms with Crippen molar-refractivity contribution in [1.29, 1.82) is 0 Å². The maximum Gasteiger partial charge on any atom is 0.407 e. The summed E-state index contributed by atoms with van der Waals surface area (Å²) in [5.41, 5.74) is 2.50. The molecule has 1 fully saturated rings. The van der Waals surface area contributed by atoms with Crippen LogP contribution in [0.5, 0.6) is 0 Å². The van der Waals surface area contributed by atoms with Crippen molar-refractivity contribution < 1.29 is 24.2 Å². The van der Waals surface area contributed by atoms with E-state index in [0.717, 1.165) is 22.3 Å². The number of fused-ring (bicyclic) bond motifs is 3. The summed E-state index contributed by atoms with van der Waals surface area (Å²) < 4.78 is 5.68. The number of thioether (sulfide) groups is 1. The number of benzene rings is 2. The Hall–Kier alpha value is -3.00. The zero-order chi connectivity index (χ0) is 25.4. The molecule has 0 saturated carbocycles. The van der Waals surface area contributed by atoms with E-state index in [2.05, 4.69) is 29.6 Å². The van der Waals surface area contributed by atoms with E-state index in [0.29, 0.717) is 18.1 Å². The molecule has 7 nitrogen and oxygen atoms in total.